The molecule has 0 amide bonds. The topological polar surface area (TPSA) is 3.88 Å². The zero-order valence-corrected chi connectivity index (χ0v) is 15.0. The zero-order chi connectivity index (χ0) is 23.2. The quantitative estimate of drug-likeness (QED) is 0.668. The van der Waals surface area contributed by atoms with Gasteiger partial charge in [-0.1, -0.05) is 45.4 Å². The summed E-state index contributed by atoms with van der Waals surface area (Å²) in [6, 6.07) is 6.69. The predicted octanol–water partition coefficient (Wildman–Crippen LogP) is 5.19. The molecule has 2 rings (SSSR count). The highest BCUT2D eigenvalue weighted by atomic mass is 14.9. The Morgan fingerprint density at radius 1 is 1.04 bits per heavy atom. The molecule has 0 radical (unpaired) electrons. The number of aryl methyl sites for hydroxylation is 3. The molecule has 2 aromatic rings. The SMILES string of the molecule is [2H]C([2H])([2H])c1ccc(-c2cc(C([2H])([2H])C(C)C)c(C([2H])([2H])C(C)C)c[n+]2C)c(C)c1. The van der Waals surface area contributed by atoms with E-state index in [1.165, 1.54) is 0 Å². The van der Waals surface area contributed by atoms with Gasteiger partial charge in [0.15, 0.2) is 6.20 Å². The normalized spacial score (nSPS) is 17.8. The van der Waals surface area contributed by atoms with Crippen LogP contribution in [0.5, 0.6) is 0 Å². The molecule has 0 fully saturated rings. The number of hydrogen-bond acceptors (Lipinski definition) is 0. The van der Waals surface area contributed by atoms with Gasteiger partial charge in [0.2, 0.25) is 5.69 Å². The second-order valence-corrected chi connectivity index (χ2v) is 6.72. The van der Waals surface area contributed by atoms with Gasteiger partial charge in [0, 0.05) is 26.8 Å². The Morgan fingerprint density at radius 2 is 1.70 bits per heavy atom. The Morgan fingerprint density at radius 3 is 2.26 bits per heavy atom. The Balaban J connectivity index is 2.82. The Hall–Kier alpha value is -1.63. The van der Waals surface area contributed by atoms with Crippen molar-refractivity contribution in [3.63, 3.8) is 0 Å². The van der Waals surface area contributed by atoms with Gasteiger partial charge in [0.05, 0.1) is 0 Å². The van der Waals surface area contributed by atoms with Crippen molar-refractivity contribution in [1.82, 2.24) is 0 Å². The number of rotatable bonds is 5. The van der Waals surface area contributed by atoms with Crippen LogP contribution in [0.2, 0.25) is 0 Å². The van der Waals surface area contributed by atoms with Crippen LogP contribution in [0.3, 0.4) is 0 Å². The van der Waals surface area contributed by atoms with Crippen LogP contribution < -0.4 is 4.57 Å². The molecule has 0 N–H and O–H groups in total. The van der Waals surface area contributed by atoms with Gasteiger partial charge >= 0.3 is 0 Å². The average molecular weight is 318 g/mol. The summed E-state index contributed by atoms with van der Waals surface area (Å²) in [6.07, 6.45) is -1.75. The lowest BCUT2D eigenvalue weighted by Gasteiger charge is -2.15. The molecule has 0 saturated carbocycles. The molecule has 23 heavy (non-hydrogen) atoms. The highest BCUT2D eigenvalue weighted by molar-refractivity contribution is 5.62. The van der Waals surface area contributed by atoms with Crippen molar-refractivity contribution in [2.75, 3.05) is 0 Å². The fourth-order valence-corrected chi connectivity index (χ4v) is 2.72. The van der Waals surface area contributed by atoms with Gasteiger partial charge < -0.3 is 0 Å². The van der Waals surface area contributed by atoms with Gasteiger partial charge in [-0.25, -0.2) is 4.57 Å². The smallest absolute Gasteiger partial charge is 0.201 e. The molecule has 0 aliphatic rings. The molecule has 1 aromatic heterocycles. The van der Waals surface area contributed by atoms with E-state index in [1.807, 2.05) is 6.92 Å². The second-order valence-electron chi connectivity index (χ2n) is 6.72. The van der Waals surface area contributed by atoms with E-state index >= 15 is 0 Å². The minimum atomic E-state index is -2.19. The van der Waals surface area contributed by atoms with E-state index in [0.29, 0.717) is 16.8 Å². The third-order valence-corrected chi connectivity index (χ3v) is 3.66. The minimum absolute atomic E-state index is 0.261. The molecule has 1 aromatic carbocycles. The van der Waals surface area contributed by atoms with E-state index in [4.69, 9.17) is 9.60 Å². The van der Waals surface area contributed by atoms with Crippen LogP contribution >= 0.6 is 0 Å². The van der Waals surface area contributed by atoms with Crippen molar-refractivity contribution < 1.29 is 14.2 Å². The van der Waals surface area contributed by atoms with E-state index in [-0.39, 0.29) is 17.4 Å². The van der Waals surface area contributed by atoms with E-state index in [2.05, 4.69) is 0 Å². The Kier molecular flexibility index (Phi) is 3.26. The monoisotopic (exact) mass is 317 g/mol. The van der Waals surface area contributed by atoms with E-state index < -0.39 is 19.6 Å². The summed E-state index contributed by atoms with van der Waals surface area (Å²) in [4.78, 5) is 0. The first kappa shape index (κ1) is 10.3. The van der Waals surface area contributed by atoms with Crippen molar-refractivity contribution in [3.05, 3.63) is 52.7 Å². The molecule has 0 atom stereocenters. The standard InChI is InChI=1S/C22H32N/c1-15(2)10-19-13-22(21-9-8-17(5)12-18(21)6)23(7)14-20(19)11-16(3)4/h8-9,12-16H,10-11H2,1-7H3/q+1/i5D3,10D2,11D2. The third-order valence-electron chi connectivity index (χ3n) is 3.66. The molecule has 1 heteroatoms. The molecular formula is C22H32N+. The van der Waals surface area contributed by atoms with Gasteiger partial charge in [-0.2, -0.15) is 0 Å². The zero-order valence-electron chi connectivity index (χ0n) is 22.0. The second kappa shape index (κ2) is 7.29. The maximum Gasteiger partial charge on any atom is 0.212 e. The van der Waals surface area contributed by atoms with Crippen molar-refractivity contribution in [2.45, 2.75) is 54.2 Å². The molecule has 1 heterocycles. The minimum Gasteiger partial charge on any atom is -0.201 e. The number of hydrogen-bond donors (Lipinski definition) is 0. The van der Waals surface area contributed by atoms with Crippen LogP contribution in [0.1, 0.15) is 59.5 Å². The van der Waals surface area contributed by atoms with E-state index in [0.717, 1.165) is 11.1 Å². The molecule has 1 nitrogen and oxygen atoms in total. The van der Waals surface area contributed by atoms with Crippen molar-refractivity contribution in [3.8, 4) is 11.3 Å². The van der Waals surface area contributed by atoms with Crippen LogP contribution in [0.4, 0.5) is 0 Å². The van der Waals surface area contributed by atoms with Crippen LogP contribution in [0, 0.1) is 25.6 Å². The fourth-order valence-electron chi connectivity index (χ4n) is 2.72. The van der Waals surface area contributed by atoms with Gasteiger partial charge in [0.25, 0.3) is 0 Å². The number of pyridine rings is 1. The number of benzene rings is 1. The molecule has 0 spiro atoms. The summed E-state index contributed by atoms with van der Waals surface area (Å²) in [5.41, 5.74) is 3.23. The Bertz CT molecular complexity index is 928. The summed E-state index contributed by atoms with van der Waals surface area (Å²) < 4.78 is 59.3. The molecule has 0 unspecified atom stereocenters. The molecule has 0 aliphatic carbocycles. The summed E-state index contributed by atoms with van der Waals surface area (Å²) in [5.74, 6) is -0.677. The molecule has 0 aliphatic heterocycles. The van der Waals surface area contributed by atoms with Crippen molar-refractivity contribution in [1.29, 1.82) is 0 Å². The molecule has 0 bridgehead atoms. The van der Waals surface area contributed by atoms with Gasteiger partial charge in [-0.05, 0) is 55.6 Å². The first-order valence-electron chi connectivity index (χ1n) is 11.7. The van der Waals surface area contributed by atoms with E-state index in [9.17, 15) is 0 Å². The lowest BCUT2D eigenvalue weighted by Crippen LogP contribution is -2.32. The first-order chi connectivity index (χ1) is 13.5. The van der Waals surface area contributed by atoms with Gasteiger partial charge in [0.1, 0.15) is 7.05 Å². The lowest BCUT2D eigenvalue weighted by atomic mass is 9.92. The summed E-state index contributed by atoms with van der Waals surface area (Å²) in [5, 5.41) is 0. The largest absolute Gasteiger partial charge is 0.212 e. The van der Waals surface area contributed by atoms with Crippen molar-refractivity contribution >= 4 is 0 Å². The van der Waals surface area contributed by atoms with E-state index in [1.54, 1.807) is 69.8 Å². The average Bonchev–Trinajstić information content (AvgIpc) is 2.60. The number of nitrogens with zero attached hydrogens (tertiary/aromatic N) is 1. The maximum absolute atomic E-state index is 8.70. The highest BCUT2D eigenvalue weighted by Gasteiger charge is 2.18. The van der Waals surface area contributed by atoms with Crippen molar-refractivity contribution in [2.24, 2.45) is 18.9 Å². The van der Waals surface area contributed by atoms with Crippen LogP contribution in [-0.2, 0) is 19.8 Å². The maximum atomic E-state index is 8.70. The summed E-state index contributed by atoms with van der Waals surface area (Å²) in [7, 11) is 1.81. The van der Waals surface area contributed by atoms with Crippen LogP contribution in [0.15, 0.2) is 30.5 Å². The Labute approximate surface area is 152 Å². The predicted molar refractivity (Wildman–Crippen MR) is 99.6 cm³/mol. The first-order valence-corrected chi connectivity index (χ1v) is 8.17. The summed E-state index contributed by atoms with van der Waals surface area (Å²) in [6.45, 7) is 6.81. The lowest BCUT2D eigenvalue weighted by molar-refractivity contribution is -0.660. The molecule has 0 saturated heterocycles. The van der Waals surface area contributed by atoms with Crippen LogP contribution in [-0.4, -0.2) is 0 Å². The van der Waals surface area contributed by atoms with Gasteiger partial charge in [-0.3, -0.25) is 0 Å². The highest BCUT2D eigenvalue weighted by Crippen LogP contribution is 2.25. The van der Waals surface area contributed by atoms with Crippen LogP contribution in [0.25, 0.3) is 11.3 Å². The molecule has 124 valence electrons. The molecular weight excluding hydrogens is 278 g/mol. The van der Waals surface area contributed by atoms with Gasteiger partial charge in [-0.15, -0.1) is 0 Å². The third kappa shape index (κ3) is 4.43. The summed E-state index contributed by atoms with van der Waals surface area (Å²) >= 11 is 0. The number of aromatic nitrogens is 1. The fraction of sp³-hybridized carbons (Fsp3) is 0.500.